The lowest BCUT2D eigenvalue weighted by Crippen LogP contribution is -2.44. The summed E-state index contributed by atoms with van der Waals surface area (Å²) in [5.74, 6) is -4.66. The maximum atomic E-state index is 15.4. The van der Waals surface area contributed by atoms with Crippen LogP contribution >= 0.6 is 23.5 Å². The van der Waals surface area contributed by atoms with Crippen LogP contribution in [0.2, 0.25) is 0 Å². The molecule has 0 radical (unpaired) electrons. The number of benzene rings is 6. The van der Waals surface area contributed by atoms with E-state index < -0.39 is 67.6 Å². The van der Waals surface area contributed by atoms with Crippen LogP contribution < -0.4 is 0 Å². The Kier molecular flexibility index (Phi) is 10.9. The Morgan fingerprint density at radius 1 is 0.324 bits per heavy atom. The van der Waals surface area contributed by atoms with Gasteiger partial charge in [0.05, 0.1) is 37.3 Å². The minimum atomic E-state index is -0.589. The first-order chi connectivity index (χ1) is 34.5. The lowest BCUT2D eigenvalue weighted by Gasteiger charge is -2.36. The third-order valence-electron chi connectivity index (χ3n) is 14.3. The molecule has 20 bridgehead atoms. The van der Waals surface area contributed by atoms with Crippen LogP contribution in [0.4, 0.5) is 0 Å². The SMILES string of the molecule is CC(C)(C)Sc1cc2c3c4c(SC(C)(C)C)cc5c3c1C(=O)N(Cc1cc(cc(C(C)(C)C)c1)CN1C(=O)c3ccc6c7c(ccc(c37)C1=O)C(=O)N(Cc1cc(cc(C(C)(C)C)c1)CN(C2=O)C4=O)C6=O)C5=O. The minimum absolute atomic E-state index is 0.158. The number of rotatable bonds is 2. The average molecular weight is 1030 g/mol. The van der Waals surface area contributed by atoms with E-state index in [4.69, 9.17) is 0 Å². The summed E-state index contributed by atoms with van der Waals surface area (Å²) in [6, 6.07) is 20.9. The van der Waals surface area contributed by atoms with Gasteiger partial charge >= 0.3 is 0 Å². The monoisotopic (exact) mass is 1020 g/mol. The van der Waals surface area contributed by atoms with Crippen molar-refractivity contribution in [1.82, 2.24) is 19.6 Å². The van der Waals surface area contributed by atoms with Gasteiger partial charge in [-0.2, -0.15) is 0 Å². The second-order valence-electron chi connectivity index (χ2n) is 24.2. The molecule has 6 aromatic rings. The quantitative estimate of drug-likeness (QED) is 0.121. The van der Waals surface area contributed by atoms with Crippen LogP contribution in [0.5, 0.6) is 0 Å². The number of carbonyl (C=O) groups is 8. The fourth-order valence-corrected chi connectivity index (χ4v) is 13.2. The molecule has 0 unspecified atom stereocenters. The number of imide groups is 4. The van der Waals surface area contributed by atoms with Crippen LogP contribution in [0.15, 0.2) is 82.6 Å². The third-order valence-corrected chi connectivity index (χ3v) is 16.6. The molecule has 14 heteroatoms. The number of nitrogens with zero attached hydrogens (tertiary/aromatic N) is 4. The Labute approximate surface area is 438 Å². The zero-order valence-corrected chi connectivity index (χ0v) is 45.3. The second kappa shape index (κ2) is 16.3. The van der Waals surface area contributed by atoms with Gasteiger partial charge in [0, 0.05) is 74.2 Å². The number of carbonyl (C=O) groups excluding carboxylic acids is 8. The highest BCUT2D eigenvalue weighted by Crippen LogP contribution is 2.50. The van der Waals surface area contributed by atoms with E-state index >= 15 is 19.2 Å². The van der Waals surface area contributed by atoms with Crippen molar-refractivity contribution in [1.29, 1.82) is 0 Å². The van der Waals surface area contributed by atoms with Crippen LogP contribution in [-0.4, -0.2) is 76.4 Å². The van der Waals surface area contributed by atoms with E-state index in [-0.39, 0.29) is 92.2 Å². The normalized spacial score (nSPS) is 16.9. The molecular formula is C60H56N4O8S2. The lowest BCUT2D eigenvalue weighted by molar-refractivity contribution is 0.0571. The lowest BCUT2D eigenvalue weighted by atomic mass is 9.83. The standard InChI is InChI=1S/C60H56N4O8S2/c1-57(2,3)33-19-29-17-31(21-33)27-63-53(69)39-23-42(74-60(10,11)12)48-46-40(24-41(73-59(7,8)9)47(45(39)46)55(63)71)54(70)64(56(48)72)28-32-18-30(20-34(22-32)58(4,5)6)26-62-51(67)37-15-13-35-43-36(50(66)61(25-29)49(35)65)14-16-38(44(37)43)52(62)68/h13-24H,25-28H2,1-12H3. The van der Waals surface area contributed by atoms with Gasteiger partial charge in [-0.3, -0.25) is 58.0 Å². The van der Waals surface area contributed by atoms with E-state index in [9.17, 15) is 19.2 Å². The first kappa shape index (κ1) is 49.3. The molecule has 18 heterocycles. The Balaban J connectivity index is 1.18. The zero-order valence-electron chi connectivity index (χ0n) is 43.6. The number of hydrogen-bond donors (Lipinski definition) is 0. The molecule has 18 aliphatic heterocycles. The molecule has 0 N–H and O–H groups in total. The van der Waals surface area contributed by atoms with E-state index in [1.807, 2.05) is 107 Å². The van der Waals surface area contributed by atoms with Gasteiger partial charge in [-0.15, -0.1) is 23.5 Å². The predicted octanol–water partition coefficient (Wildman–Crippen LogP) is 11.9. The van der Waals surface area contributed by atoms with Gasteiger partial charge in [-0.1, -0.05) is 119 Å². The largest absolute Gasteiger partial charge is 0.270 e. The summed E-state index contributed by atoms with van der Waals surface area (Å²) < 4.78 is -0.947. The fourth-order valence-electron chi connectivity index (χ4n) is 10.9. The molecule has 0 atom stereocenters. The Morgan fingerprint density at radius 3 is 0.838 bits per heavy atom. The maximum absolute atomic E-state index is 15.4. The van der Waals surface area contributed by atoms with Crippen molar-refractivity contribution in [2.24, 2.45) is 0 Å². The first-order valence-corrected chi connectivity index (χ1v) is 26.5. The molecule has 0 saturated carbocycles. The second-order valence-corrected chi connectivity index (χ2v) is 27.9. The van der Waals surface area contributed by atoms with Gasteiger partial charge in [-0.05, 0) is 80.6 Å². The highest BCUT2D eigenvalue weighted by atomic mass is 32.2. The van der Waals surface area contributed by atoms with Gasteiger partial charge in [0.1, 0.15) is 0 Å². The first-order valence-electron chi connectivity index (χ1n) is 24.9. The topological polar surface area (TPSA) is 150 Å². The van der Waals surface area contributed by atoms with Crippen molar-refractivity contribution in [3.8, 4) is 0 Å². The van der Waals surface area contributed by atoms with Crippen LogP contribution in [0.1, 0.15) is 199 Å². The zero-order chi connectivity index (χ0) is 53.2. The van der Waals surface area contributed by atoms with Gasteiger partial charge in [0.2, 0.25) is 0 Å². The van der Waals surface area contributed by atoms with E-state index in [1.165, 1.54) is 33.3 Å². The van der Waals surface area contributed by atoms with Crippen molar-refractivity contribution in [3.63, 3.8) is 0 Å². The van der Waals surface area contributed by atoms with E-state index in [0.29, 0.717) is 32.0 Å². The number of hydrogen-bond acceptors (Lipinski definition) is 10. The van der Waals surface area contributed by atoms with Crippen molar-refractivity contribution in [2.75, 3.05) is 0 Å². The molecule has 0 aliphatic carbocycles. The number of thioether (sulfide) groups is 2. The van der Waals surface area contributed by atoms with Crippen molar-refractivity contribution < 1.29 is 38.4 Å². The molecule has 18 aliphatic rings. The highest BCUT2D eigenvalue weighted by molar-refractivity contribution is 8.01. The average Bonchev–Trinajstić information content (AvgIpc) is 3.30. The van der Waals surface area contributed by atoms with Crippen LogP contribution in [0.25, 0.3) is 21.5 Å². The summed E-state index contributed by atoms with van der Waals surface area (Å²) in [6.07, 6.45) is 0. The van der Waals surface area contributed by atoms with Crippen LogP contribution in [0, 0.1) is 0 Å². The summed E-state index contributed by atoms with van der Waals surface area (Å²) in [6.45, 7) is 23.5. The van der Waals surface area contributed by atoms with Crippen molar-refractivity contribution >= 4 is 92.3 Å². The van der Waals surface area contributed by atoms with Crippen molar-refractivity contribution in [2.45, 2.75) is 139 Å². The predicted molar refractivity (Wildman–Crippen MR) is 286 cm³/mol. The minimum Gasteiger partial charge on any atom is -0.270 e. The van der Waals surface area contributed by atoms with Gasteiger partial charge in [0.15, 0.2) is 0 Å². The molecule has 24 rings (SSSR count). The molecule has 0 aromatic heterocycles. The van der Waals surface area contributed by atoms with E-state index in [1.54, 1.807) is 48.5 Å². The van der Waals surface area contributed by atoms with E-state index in [0.717, 1.165) is 20.9 Å². The molecule has 0 fully saturated rings. The summed E-state index contributed by atoms with van der Waals surface area (Å²) in [5.41, 5.74) is 4.65. The maximum Gasteiger partial charge on any atom is 0.262 e. The molecule has 376 valence electrons. The molecule has 12 nitrogen and oxygen atoms in total. The van der Waals surface area contributed by atoms with E-state index in [2.05, 4.69) is 0 Å². The van der Waals surface area contributed by atoms with Gasteiger partial charge in [-0.25, -0.2) is 0 Å². The smallest absolute Gasteiger partial charge is 0.262 e. The molecule has 0 spiro atoms. The van der Waals surface area contributed by atoms with Crippen LogP contribution in [0.3, 0.4) is 0 Å². The highest BCUT2D eigenvalue weighted by Gasteiger charge is 2.45. The molecule has 0 saturated heterocycles. The molecule has 74 heavy (non-hydrogen) atoms. The van der Waals surface area contributed by atoms with Gasteiger partial charge in [0.25, 0.3) is 47.3 Å². The third kappa shape index (κ3) is 7.81. The molecular weight excluding hydrogens is 969 g/mol. The van der Waals surface area contributed by atoms with Gasteiger partial charge < -0.3 is 0 Å². The Bertz CT molecular complexity index is 3390. The summed E-state index contributed by atoms with van der Waals surface area (Å²) in [7, 11) is 0. The fraction of sp³-hybridized carbons (Fsp3) is 0.333. The molecule has 8 amide bonds. The number of amides is 8. The van der Waals surface area contributed by atoms with Crippen LogP contribution in [-0.2, 0) is 37.0 Å². The summed E-state index contributed by atoms with van der Waals surface area (Å²) in [4.78, 5) is 126. The molecule has 6 aromatic carbocycles. The Hall–Kier alpha value is -6.90. The van der Waals surface area contributed by atoms with Crippen molar-refractivity contribution in [3.05, 3.63) is 151 Å². The Morgan fingerprint density at radius 2 is 0.581 bits per heavy atom. The summed E-state index contributed by atoms with van der Waals surface area (Å²) >= 11 is 2.80. The summed E-state index contributed by atoms with van der Waals surface area (Å²) in [5, 5.41) is 1.03.